The fourth-order valence-corrected chi connectivity index (χ4v) is 2.22. The Bertz CT molecular complexity index is 230. The molecule has 1 amide bonds. The molecule has 0 spiro atoms. The predicted octanol–water partition coefficient (Wildman–Crippen LogP) is 2.02. The first-order valence-electron chi connectivity index (χ1n) is 6.56. The fourth-order valence-electron chi connectivity index (χ4n) is 2.22. The Labute approximate surface area is 99.6 Å². The van der Waals surface area contributed by atoms with E-state index in [2.05, 4.69) is 38.0 Å². The molecule has 3 heteroatoms. The van der Waals surface area contributed by atoms with Gasteiger partial charge in [0.25, 0.3) is 0 Å². The van der Waals surface area contributed by atoms with Gasteiger partial charge in [-0.15, -0.1) is 0 Å². The van der Waals surface area contributed by atoms with E-state index in [0.717, 1.165) is 19.4 Å². The molecule has 0 aromatic rings. The molecule has 0 radical (unpaired) electrons. The normalized spacial score (nSPS) is 26.1. The van der Waals surface area contributed by atoms with Gasteiger partial charge in [0.1, 0.15) is 0 Å². The molecule has 1 N–H and O–H groups in total. The van der Waals surface area contributed by atoms with Gasteiger partial charge < -0.3 is 5.32 Å². The van der Waals surface area contributed by atoms with E-state index in [4.69, 9.17) is 0 Å². The smallest absolute Gasteiger partial charge is 0.237 e. The minimum absolute atomic E-state index is 0.0975. The molecule has 1 heterocycles. The van der Waals surface area contributed by atoms with Crippen LogP contribution < -0.4 is 5.32 Å². The molecule has 1 rings (SSSR count). The summed E-state index contributed by atoms with van der Waals surface area (Å²) in [6.45, 7) is 7.51. The summed E-state index contributed by atoms with van der Waals surface area (Å²) in [6.07, 6.45) is 4.53. The van der Waals surface area contributed by atoms with E-state index in [1.165, 1.54) is 12.8 Å². The van der Waals surface area contributed by atoms with Crippen LogP contribution in [-0.2, 0) is 4.79 Å². The molecule has 0 aliphatic carbocycles. The molecule has 1 aliphatic rings. The Morgan fingerprint density at radius 1 is 1.44 bits per heavy atom. The monoisotopic (exact) mass is 226 g/mol. The van der Waals surface area contributed by atoms with Crippen molar-refractivity contribution in [3.05, 3.63) is 0 Å². The van der Waals surface area contributed by atoms with Crippen molar-refractivity contribution in [2.24, 2.45) is 5.92 Å². The zero-order valence-electron chi connectivity index (χ0n) is 11.1. The highest BCUT2D eigenvalue weighted by Crippen LogP contribution is 2.16. The molecule has 94 valence electrons. The Hall–Kier alpha value is -0.570. The summed E-state index contributed by atoms with van der Waals surface area (Å²) in [5, 5.41) is 3.15. The largest absolute Gasteiger partial charge is 0.352 e. The van der Waals surface area contributed by atoms with Gasteiger partial charge in [0.2, 0.25) is 5.91 Å². The molecular formula is C13H26N2O. The van der Waals surface area contributed by atoms with Gasteiger partial charge >= 0.3 is 0 Å². The zero-order valence-corrected chi connectivity index (χ0v) is 11.1. The summed E-state index contributed by atoms with van der Waals surface area (Å²) in [4.78, 5) is 14.3. The topological polar surface area (TPSA) is 32.3 Å². The average Bonchev–Trinajstić information content (AvgIpc) is 2.28. The third-order valence-electron chi connectivity index (χ3n) is 3.94. The van der Waals surface area contributed by atoms with Crippen LogP contribution in [0.25, 0.3) is 0 Å². The highest BCUT2D eigenvalue weighted by Gasteiger charge is 2.27. The molecule has 0 saturated carbocycles. The van der Waals surface area contributed by atoms with E-state index in [1.807, 2.05) is 0 Å². The van der Waals surface area contributed by atoms with Gasteiger partial charge in [-0.3, -0.25) is 9.69 Å². The Kier molecular flexibility index (Phi) is 5.26. The van der Waals surface area contributed by atoms with Crippen LogP contribution in [0.5, 0.6) is 0 Å². The lowest BCUT2D eigenvalue weighted by Crippen LogP contribution is -2.50. The van der Waals surface area contributed by atoms with Gasteiger partial charge in [0.05, 0.1) is 6.04 Å². The van der Waals surface area contributed by atoms with Crippen molar-refractivity contribution >= 4 is 5.91 Å². The number of hydrogen-bond acceptors (Lipinski definition) is 2. The van der Waals surface area contributed by atoms with Gasteiger partial charge in [-0.25, -0.2) is 0 Å². The van der Waals surface area contributed by atoms with Gasteiger partial charge in [0, 0.05) is 6.04 Å². The minimum atomic E-state index is 0.0975. The lowest BCUT2D eigenvalue weighted by molar-refractivity contribution is -0.128. The van der Waals surface area contributed by atoms with Crippen LogP contribution in [0.2, 0.25) is 0 Å². The molecule has 2 unspecified atom stereocenters. The number of carbonyl (C=O) groups excluding carboxylic acids is 1. The first-order valence-corrected chi connectivity index (χ1v) is 6.56. The van der Waals surface area contributed by atoms with Crippen molar-refractivity contribution in [3.63, 3.8) is 0 Å². The third-order valence-corrected chi connectivity index (χ3v) is 3.94. The Balaban J connectivity index is 2.44. The van der Waals surface area contributed by atoms with Gasteiger partial charge in [0.15, 0.2) is 0 Å². The number of rotatable bonds is 4. The van der Waals surface area contributed by atoms with Crippen molar-refractivity contribution in [2.75, 3.05) is 13.6 Å². The van der Waals surface area contributed by atoms with E-state index in [0.29, 0.717) is 5.92 Å². The fraction of sp³-hybridized carbons (Fsp3) is 0.923. The van der Waals surface area contributed by atoms with E-state index in [1.54, 1.807) is 0 Å². The summed E-state index contributed by atoms with van der Waals surface area (Å²) in [5.74, 6) is 0.771. The zero-order chi connectivity index (χ0) is 12.1. The van der Waals surface area contributed by atoms with Crippen molar-refractivity contribution in [2.45, 2.75) is 58.5 Å². The highest BCUT2D eigenvalue weighted by atomic mass is 16.2. The SMILES string of the molecule is CCC(C)C(C)NC(=O)[C@H]1CCCCN1C. The Morgan fingerprint density at radius 2 is 2.12 bits per heavy atom. The van der Waals surface area contributed by atoms with Crippen LogP contribution in [0, 0.1) is 5.92 Å². The minimum Gasteiger partial charge on any atom is -0.352 e. The molecule has 0 aromatic carbocycles. The van der Waals surface area contributed by atoms with Crippen LogP contribution in [0.15, 0.2) is 0 Å². The molecule has 1 aliphatic heterocycles. The lowest BCUT2D eigenvalue weighted by Gasteiger charge is -2.32. The van der Waals surface area contributed by atoms with Crippen molar-refractivity contribution in [1.29, 1.82) is 0 Å². The second-order valence-electron chi connectivity index (χ2n) is 5.17. The number of likely N-dealkylation sites (tertiary alicyclic amines) is 1. The molecule has 3 atom stereocenters. The van der Waals surface area contributed by atoms with Crippen LogP contribution in [0.4, 0.5) is 0 Å². The quantitative estimate of drug-likeness (QED) is 0.795. The molecule has 0 aromatic heterocycles. The number of amides is 1. The summed E-state index contributed by atoms with van der Waals surface area (Å²) in [6, 6.07) is 0.382. The first kappa shape index (κ1) is 13.5. The van der Waals surface area contributed by atoms with Crippen molar-refractivity contribution in [3.8, 4) is 0 Å². The molecule has 16 heavy (non-hydrogen) atoms. The highest BCUT2D eigenvalue weighted by molar-refractivity contribution is 5.82. The van der Waals surface area contributed by atoms with E-state index >= 15 is 0 Å². The van der Waals surface area contributed by atoms with Crippen LogP contribution in [0.1, 0.15) is 46.5 Å². The van der Waals surface area contributed by atoms with Crippen LogP contribution in [0.3, 0.4) is 0 Å². The van der Waals surface area contributed by atoms with Crippen molar-refractivity contribution < 1.29 is 4.79 Å². The number of nitrogens with zero attached hydrogens (tertiary/aromatic N) is 1. The number of hydrogen-bond donors (Lipinski definition) is 1. The number of nitrogens with one attached hydrogen (secondary N) is 1. The number of piperidine rings is 1. The standard InChI is InChI=1S/C13H26N2O/c1-5-10(2)11(3)14-13(16)12-8-6-7-9-15(12)4/h10-12H,5-9H2,1-4H3,(H,14,16)/t10?,11?,12-/m1/s1. The summed E-state index contributed by atoms with van der Waals surface area (Å²) >= 11 is 0. The molecule has 0 bridgehead atoms. The molecular weight excluding hydrogens is 200 g/mol. The first-order chi connectivity index (χ1) is 7.56. The van der Waals surface area contributed by atoms with Crippen molar-refractivity contribution in [1.82, 2.24) is 10.2 Å². The summed E-state index contributed by atoms with van der Waals surface area (Å²) in [5.41, 5.74) is 0. The van der Waals surface area contributed by atoms with E-state index in [-0.39, 0.29) is 18.0 Å². The average molecular weight is 226 g/mol. The lowest BCUT2D eigenvalue weighted by atomic mass is 9.98. The summed E-state index contributed by atoms with van der Waals surface area (Å²) < 4.78 is 0. The maximum Gasteiger partial charge on any atom is 0.237 e. The second kappa shape index (κ2) is 6.24. The van der Waals surface area contributed by atoms with Gasteiger partial charge in [-0.05, 0) is 39.3 Å². The maximum absolute atomic E-state index is 12.1. The van der Waals surface area contributed by atoms with Gasteiger partial charge in [-0.2, -0.15) is 0 Å². The number of likely N-dealkylation sites (N-methyl/N-ethyl adjacent to an activating group) is 1. The molecule has 3 nitrogen and oxygen atoms in total. The second-order valence-corrected chi connectivity index (χ2v) is 5.17. The van der Waals surface area contributed by atoms with E-state index < -0.39 is 0 Å². The third kappa shape index (κ3) is 3.48. The molecule has 1 saturated heterocycles. The predicted molar refractivity (Wildman–Crippen MR) is 67.3 cm³/mol. The van der Waals surface area contributed by atoms with Gasteiger partial charge in [-0.1, -0.05) is 26.7 Å². The number of carbonyl (C=O) groups is 1. The Morgan fingerprint density at radius 3 is 2.69 bits per heavy atom. The summed E-state index contributed by atoms with van der Waals surface area (Å²) in [7, 11) is 2.05. The van der Waals surface area contributed by atoms with Crippen LogP contribution >= 0.6 is 0 Å². The van der Waals surface area contributed by atoms with E-state index in [9.17, 15) is 4.79 Å². The molecule has 1 fully saturated rings. The maximum atomic E-state index is 12.1. The van der Waals surface area contributed by atoms with Crippen LogP contribution in [-0.4, -0.2) is 36.5 Å².